The van der Waals surface area contributed by atoms with E-state index in [1.54, 1.807) is 55.5 Å². The van der Waals surface area contributed by atoms with E-state index < -0.39 is 22.5 Å². The maximum atomic E-state index is 13.5. The first-order chi connectivity index (χ1) is 15.2. The van der Waals surface area contributed by atoms with Gasteiger partial charge in [-0.05, 0) is 54.8 Å². The van der Waals surface area contributed by atoms with Crippen LogP contribution in [-0.2, 0) is 28.0 Å². The van der Waals surface area contributed by atoms with Crippen molar-refractivity contribution in [1.29, 1.82) is 0 Å². The van der Waals surface area contributed by atoms with Gasteiger partial charge >= 0.3 is 0 Å². The van der Waals surface area contributed by atoms with E-state index in [1.807, 2.05) is 13.0 Å². The summed E-state index contributed by atoms with van der Waals surface area (Å²) in [5.74, 6) is -0.463. The minimum Gasteiger partial charge on any atom is -0.392 e. The van der Waals surface area contributed by atoms with E-state index in [-0.39, 0.29) is 18.0 Å². The van der Waals surface area contributed by atoms with Crippen LogP contribution in [0.5, 0.6) is 0 Å². The molecule has 3 aromatic rings. The number of aryl methyl sites for hydroxylation is 1. The Hall–Kier alpha value is -2.87. The van der Waals surface area contributed by atoms with Gasteiger partial charge in [0.2, 0.25) is 5.91 Å². The average molecular weight is 473 g/mol. The van der Waals surface area contributed by atoms with Gasteiger partial charge in [0.1, 0.15) is 6.54 Å². The lowest BCUT2D eigenvalue weighted by Crippen LogP contribution is -2.41. The van der Waals surface area contributed by atoms with Crippen LogP contribution in [0, 0.1) is 13.8 Å². The smallest absolute Gasteiger partial charge is 0.264 e. The summed E-state index contributed by atoms with van der Waals surface area (Å²) in [4.78, 5) is 12.9. The van der Waals surface area contributed by atoms with Crippen LogP contribution in [0.4, 0.5) is 5.69 Å². The van der Waals surface area contributed by atoms with Crippen LogP contribution in [0.3, 0.4) is 0 Å². The second kappa shape index (κ2) is 10.2. The number of sulfonamides is 1. The molecule has 0 spiro atoms. The molecule has 2 N–H and O–H groups in total. The fourth-order valence-electron chi connectivity index (χ4n) is 3.23. The Kier molecular flexibility index (Phi) is 7.56. The minimum absolute atomic E-state index is 0.0888. The molecule has 0 bridgehead atoms. The number of carbonyl (C=O) groups excluding carboxylic acids is 1. The van der Waals surface area contributed by atoms with Crippen LogP contribution >= 0.6 is 11.6 Å². The average Bonchev–Trinajstić information content (AvgIpc) is 2.78. The number of anilines is 1. The lowest BCUT2D eigenvalue weighted by atomic mass is 10.1. The molecule has 0 saturated heterocycles. The van der Waals surface area contributed by atoms with Crippen LogP contribution in [0.1, 0.15) is 22.3 Å². The second-order valence-corrected chi connectivity index (χ2v) is 9.73. The predicted molar refractivity (Wildman–Crippen MR) is 126 cm³/mol. The van der Waals surface area contributed by atoms with Gasteiger partial charge in [-0.3, -0.25) is 9.10 Å². The first-order valence-corrected chi connectivity index (χ1v) is 11.8. The van der Waals surface area contributed by atoms with E-state index >= 15 is 0 Å². The Morgan fingerprint density at radius 3 is 2.34 bits per heavy atom. The highest BCUT2D eigenvalue weighted by atomic mass is 35.5. The van der Waals surface area contributed by atoms with Crippen molar-refractivity contribution in [2.75, 3.05) is 10.8 Å². The Bertz CT molecular complexity index is 1210. The molecule has 1 amide bonds. The molecule has 0 atom stereocenters. The number of nitrogens with zero attached hydrogens (tertiary/aromatic N) is 1. The van der Waals surface area contributed by atoms with Crippen LogP contribution in [0.15, 0.2) is 71.6 Å². The third-order valence-electron chi connectivity index (χ3n) is 5.07. The molecule has 168 valence electrons. The molecule has 32 heavy (non-hydrogen) atoms. The van der Waals surface area contributed by atoms with E-state index in [2.05, 4.69) is 5.32 Å². The fourth-order valence-corrected chi connectivity index (χ4v) is 4.88. The molecule has 0 fully saturated rings. The van der Waals surface area contributed by atoms with Crippen molar-refractivity contribution in [3.05, 3.63) is 94.0 Å². The Labute approximate surface area is 193 Å². The Morgan fingerprint density at radius 1 is 1.00 bits per heavy atom. The van der Waals surface area contributed by atoms with Crippen molar-refractivity contribution in [2.24, 2.45) is 0 Å². The zero-order valence-electron chi connectivity index (χ0n) is 17.9. The third-order valence-corrected chi connectivity index (χ3v) is 7.25. The first-order valence-electron chi connectivity index (χ1n) is 10.0. The highest BCUT2D eigenvalue weighted by Gasteiger charge is 2.28. The largest absolute Gasteiger partial charge is 0.392 e. The summed E-state index contributed by atoms with van der Waals surface area (Å²) in [5.41, 5.74) is 3.37. The number of carbonyl (C=O) groups is 1. The van der Waals surface area contributed by atoms with Gasteiger partial charge in [-0.25, -0.2) is 8.42 Å². The number of hydrogen-bond donors (Lipinski definition) is 2. The number of aliphatic hydroxyl groups is 1. The predicted octanol–water partition coefficient (Wildman–Crippen LogP) is 3.96. The fraction of sp³-hybridized carbons (Fsp3) is 0.208. The molecule has 6 nitrogen and oxygen atoms in total. The van der Waals surface area contributed by atoms with Crippen LogP contribution in [0.25, 0.3) is 0 Å². The molecule has 0 aliphatic heterocycles. The zero-order chi connectivity index (χ0) is 23.3. The third kappa shape index (κ3) is 5.48. The van der Waals surface area contributed by atoms with E-state index in [1.165, 1.54) is 12.1 Å². The molecule has 0 heterocycles. The van der Waals surface area contributed by atoms with Gasteiger partial charge in [0.15, 0.2) is 0 Å². The van der Waals surface area contributed by atoms with Crippen molar-refractivity contribution >= 4 is 33.2 Å². The van der Waals surface area contributed by atoms with Crippen molar-refractivity contribution in [1.82, 2.24) is 5.32 Å². The van der Waals surface area contributed by atoms with Gasteiger partial charge in [-0.15, -0.1) is 0 Å². The van der Waals surface area contributed by atoms with Gasteiger partial charge in [-0.1, -0.05) is 59.6 Å². The molecule has 3 aromatic carbocycles. The number of hydrogen-bond acceptors (Lipinski definition) is 4. The maximum Gasteiger partial charge on any atom is 0.264 e. The monoisotopic (exact) mass is 472 g/mol. The minimum atomic E-state index is -4.02. The Balaban J connectivity index is 1.89. The number of nitrogens with one attached hydrogen (secondary N) is 1. The van der Waals surface area contributed by atoms with Crippen LogP contribution in [-0.4, -0.2) is 26.0 Å². The number of benzene rings is 3. The Morgan fingerprint density at radius 2 is 1.66 bits per heavy atom. The van der Waals surface area contributed by atoms with Crippen molar-refractivity contribution < 1.29 is 18.3 Å². The number of amides is 1. The van der Waals surface area contributed by atoms with Crippen molar-refractivity contribution in [3.8, 4) is 0 Å². The molecule has 3 rings (SSSR count). The molecular weight excluding hydrogens is 448 g/mol. The summed E-state index contributed by atoms with van der Waals surface area (Å²) >= 11 is 6.24. The SMILES string of the molecule is Cc1ccc(S(=O)(=O)N(CC(=O)NCc2cccc(CO)c2)c2cccc(Cl)c2C)cc1. The van der Waals surface area contributed by atoms with E-state index in [4.69, 9.17) is 11.6 Å². The van der Waals surface area contributed by atoms with Gasteiger partial charge in [0, 0.05) is 11.6 Å². The number of rotatable bonds is 8. The van der Waals surface area contributed by atoms with E-state index in [0.717, 1.165) is 21.0 Å². The quantitative estimate of drug-likeness (QED) is 0.519. The van der Waals surface area contributed by atoms with Crippen LogP contribution in [0.2, 0.25) is 5.02 Å². The molecule has 0 aliphatic carbocycles. The molecular formula is C24H25ClN2O4S. The summed E-state index contributed by atoms with van der Waals surface area (Å²) in [5, 5.41) is 12.4. The lowest BCUT2D eigenvalue weighted by molar-refractivity contribution is -0.119. The molecule has 0 unspecified atom stereocenters. The van der Waals surface area contributed by atoms with Gasteiger partial charge in [-0.2, -0.15) is 0 Å². The topological polar surface area (TPSA) is 86.7 Å². The summed E-state index contributed by atoms with van der Waals surface area (Å²) in [6.07, 6.45) is 0. The molecule has 8 heteroatoms. The second-order valence-electron chi connectivity index (χ2n) is 7.46. The molecule has 0 saturated carbocycles. The lowest BCUT2D eigenvalue weighted by Gasteiger charge is -2.26. The highest BCUT2D eigenvalue weighted by Crippen LogP contribution is 2.30. The van der Waals surface area contributed by atoms with Gasteiger partial charge < -0.3 is 10.4 Å². The normalized spacial score (nSPS) is 11.2. The molecule has 0 aromatic heterocycles. The molecule has 0 radical (unpaired) electrons. The summed E-state index contributed by atoms with van der Waals surface area (Å²) < 4.78 is 28.0. The summed E-state index contributed by atoms with van der Waals surface area (Å²) in [7, 11) is -4.02. The first kappa shape index (κ1) is 23.8. The van der Waals surface area contributed by atoms with Gasteiger partial charge in [0.25, 0.3) is 10.0 Å². The van der Waals surface area contributed by atoms with Crippen LogP contribution < -0.4 is 9.62 Å². The van der Waals surface area contributed by atoms with Gasteiger partial charge in [0.05, 0.1) is 17.2 Å². The number of halogens is 1. The standard InChI is InChI=1S/C24H25ClN2O4S/c1-17-9-11-21(12-10-17)32(30,31)27(23-8-4-7-22(25)18(23)2)15-24(29)26-14-19-5-3-6-20(13-19)16-28/h3-13,28H,14-16H2,1-2H3,(H,26,29). The van der Waals surface area contributed by atoms with E-state index in [0.29, 0.717) is 16.3 Å². The zero-order valence-corrected chi connectivity index (χ0v) is 19.4. The highest BCUT2D eigenvalue weighted by molar-refractivity contribution is 7.92. The van der Waals surface area contributed by atoms with E-state index in [9.17, 15) is 18.3 Å². The molecule has 0 aliphatic rings. The maximum absolute atomic E-state index is 13.5. The summed E-state index contributed by atoms with van der Waals surface area (Å²) in [6, 6.07) is 18.6. The van der Waals surface area contributed by atoms with Crippen molar-refractivity contribution in [3.63, 3.8) is 0 Å². The van der Waals surface area contributed by atoms with Crippen molar-refractivity contribution in [2.45, 2.75) is 31.9 Å². The number of aliphatic hydroxyl groups excluding tert-OH is 1. The summed E-state index contributed by atoms with van der Waals surface area (Å²) in [6.45, 7) is 3.29.